The van der Waals surface area contributed by atoms with E-state index in [2.05, 4.69) is 15.9 Å². The van der Waals surface area contributed by atoms with Crippen LogP contribution in [0.25, 0.3) is 0 Å². The molecule has 3 aliphatic carbocycles. The van der Waals surface area contributed by atoms with E-state index in [1.165, 1.54) is 31.4 Å². The Kier molecular flexibility index (Phi) is 4.41. The summed E-state index contributed by atoms with van der Waals surface area (Å²) >= 11 is 0. The summed E-state index contributed by atoms with van der Waals surface area (Å²) in [6, 6.07) is 0.995. The summed E-state index contributed by atoms with van der Waals surface area (Å²) < 4.78 is 0. The lowest BCUT2D eigenvalue weighted by molar-refractivity contribution is -0.131. The van der Waals surface area contributed by atoms with Gasteiger partial charge in [0.1, 0.15) is 0 Å². The third-order valence-corrected chi connectivity index (χ3v) is 4.55. The molecule has 112 valence electrons. The number of hydrogen-bond acceptors (Lipinski definition) is 3. The molecule has 2 fully saturated rings. The molecule has 0 saturated heterocycles. The van der Waals surface area contributed by atoms with Gasteiger partial charge in [-0.15, -0.1) is 0 Å². The van der Waals surface area contributed by atoms with Crippen molar-refractivity contribution in [3.05, 3.63) is 11.8 Å². The molecule has 2 saturated carbocycles. The Balaban J connectivity index is 1.64. The monoisotopic (exact) mass is 278 g/mol. The fourth-order valence-corrected chi connectivity index (χ4v) is 3.18. The van der Waals surface area contributed by atoms with Gasteiger partial charge in [-0.25, -0.2) is 0 Å². The third kappa shape index (κ3) is 3.41. The van der Waals surface area contributed by atoms with Crippen molar-refractivity contribution in [3.8, 4) is 0 Å². The van der Waals surface area contributed by atoms with Crippen molar-refractivity contribution in [1.29, 1.82) is 0 Å². The topological polar surface area (TPSA) is 43.8 Å². The number of aliphatic hydroxyl groups is 1. The Labute approximate surface area is 121 Å². The Morgan fingerprint density at radius 2 is 1.95 bits per heavy atom. The van der Waals surface area contributed by atoms with Crippen LogP contribution in [0.4, 0.5) is 0 Å². The average molecular weight is 278 g/mol. The third-order valence-electron chi connectivity index (χ3n) is 4.55. The van der Waals surface area contributed by atoms with Gasteiger partial charge in [0.05, 0.1) is 13.2 Å². The van der Waals surface area contributed by atoms with E-state index in [0.717, 1.165) is 25.7 Å². The molecule has 1 amide bonds. The van der Waals surface area contributed by atoms with E-state index in [4.69, 9.17) is 5.11 Å². The van der Waals surface area contributed by atoms with Crippen LogP contribution in [0.1, 0.15) is 51.4 Å². The molecule has 3 aliphatic rings. The van der Waals surface area contributed by atoms with Gasteiger partial charge in [-0.2, -0.15) is 0 Å². The van der Waals surface area contributed by atoms with Crippen LogP contribution < -0.4 is 0 Å². The zero-order chi connectivity index (χ0) is 13.9. The first-order valence-electron chi connectivity index (χ1n) is 8.15. The van der Waals surface area contributed by atoms with E-state index >= 15 is 0 Å². The lowest BCUT2D eigenvalue weighted by atomic mass is 10.0. The molecule has 20 heavy (non-hydrogen) atoms. The summed E-state index contributed by atoms with van der Waals surface area (Å²) in [6.45, 7) is 1.27. The molecule has 0 atom stereocenters. The van der Waals surface area contributed by atoms with E-state index in [0.29, 0.717) is 25.2 Å². The predicted octanol–water partition coefficient (Wildman–Crippen LogP) is 1.89. The molecular formula is C16H26N2O2. The maximum Gasteiger partial charge on any atom is 0.241 e. The smallest absolute Gasteiger partial charge is 0.241 e. The first-order valence-corrected chi connectivity index (χ1v) is 8.15. The van der Waals surface area contributed by atoms with Crippen LogP contribution in [0.5, 0.6) is 0 Å². The number of carbonyl (C=O) groups excluding carboxylic acids is 1. The normalized spacial score (nSPS) is 22.8. The lowest BCUT2D eigenvalue weighted by Crippen LogP contribution is -2.43. The van der Waals surface area contributed by atoms with Crippen LogP contribution >= 0.6 is 0 Å². The minimum Gasteiger partial charge on any atom is -0.395 e. The minimum absolute atomic E-state index is 0.149. The second-order valence-electron chi connectivity index (χ2n) is 6.36. The number of amides is 1. The molecule has 0 aromatic heterocycles. The molecule has 1 N–H and O–H groups in total. The number of hydrogen-bond donors (Lipinski definition) is 1. The van der Waals surface area contributed by atoms with Crippen molar-refractivity contribution in [2.24, 2.45) is 0 Å². The van der Waals surface area contributed by atoms with Gasteiger partial charge >= 0.3 is 0 Å². The molecule has 3 rings (SSSR count). The van der Waals surface area contributed by atoms with Gasteiger partial charge in [-0.05, 0) is 51.4 Å². The molecule has 0 aliphatic heterocycles. The first kappa shape index (κ1) is 14.1. The quantitative estimate of drug-likeness (QED) is 0.773. The molecule has 4 nitrogen and oxygen atoms in total. The summed E-state index contributed by atoms with van der Waals surface area (Å²) in [6.07, 6.45) is 11.6. The van der Waals surface area contributed by atoms with Crippen LogP contribution in [-0.4, -0.2) is 52.6 Å². The van der Waals surface area contributed by atoms with Gasteiger partial charge < -0.3 is 10.0 Å². The zero-order valence-electron chi connectivity index (χ0n) is 12.3. The molecule has 0 unspecified atom stereocenters. The van der Waals surface area contributed by atoms with Crippen LogP contribution in [0.15, 0.2) is 11.8 Å². The number of nitrogens with zero attached hydrogens (tertiary/aromatic N) is 2. The Hall–Kier alpha value is -0.870. The molecule has 4 heteroatoms. The maximum absolute atomic E-state index is 12.7. The van der Waals surface area contributed by atoms with Crippen molar-refractivity contribution in [2.45, 2.75) is 63.5 Å². The second-order valence-corrected chi connectivity index (χ2v) is 6.36. The molecule has 0 spiro atoms. The van der Waals surface area contributed by atoms with Crippen molar-refractivity contribution < 1.29 is 9.90 Å². The summed E-state index contributed by atoms with van der Waals surface area (Å²) in [5.74, 6) is 0.251. The van der Waals surface area contributed by atoms with Crippen molar-refractivity contribution >= 4 is 5.91 Å². The van der Waals surface area contributed by atoms with Crippen LogP contribution in [-0.2, 0) is 4.79 Å². The van der Waals surface area contributed by atoms with Gasteiger partial charge in [-0.3, -0.25) is 9.69 Å². The molecular weight excluding hydrogens is 252 g/mol. The highest BCUT2D eigenvalue weighted by molar-refractivity contribution is 5.81. The maximum atomic E-state index is 12.7. The summed E-state index contributed by atoms with van der Waals surface area (Å²) in [4.78, 5) is 17.0. The van der Waals surface area contributed by atoms with Crippen LogP contribution in [0.2, 0.25) is 0 Å². The fraction of sp³-hybridized carbons (Fsp3) is 0.812. The van der Waals surface area contributed by atoms with Crippen LogP contribution in [0.3, 0.4) is 0 Å². The van der Waals surface area contributed by atoms with Gasteiger partial charge in [0.15, 0.2) is 0 Å². The molecule has 0 radical (unpaired) electrons. The second kappa shape index (κ2) is 6.27. The average Bonchev–Trinajstić information content (AvgIpc) is 3.33. The van der Waals surface area contributed by atoms with Crippen LogP contribution in [0, 0.1) is 0 Å². The molecule has 0 heterocycles. The Morgan fingerprint density at radius 1 is 1.20 bits per heavy atom. The van der Waals surface area contributed by atoms with Gasteiger partial charge in [0.2, 0.25) is 5.91 Å². The Bertz CT molecular complexity index is 386. The largest absolute Gasteiger partial charge is 0.395 e. The number of rotatable bonds is 7. The number of allylic oxidation sites excluding steroid dienone is 2. The van der Waals surface area contributed by atoms with Crippen molar-refractivity contribution in [2.75, 3.05) is 19.7 Å². The SMILES string of the molecule is O=C(CN(CCO)C1CC1)N(C1=CCCCC1)C1CC1. The summed E-state index contributed by atoms with van der Waals surface area (Å²) in [5, 5.41) is 9.16. The first-order chi connectivity index (χ1) is 9.79. The van der Waals surface area contributed by atoms with E-state index in [1.807, 2.05) is 0 Å². The highest BCUT2D eigenvalue weighted by atomic mass is 16.3. The number of aliphatic hydroxyl groups excluding tert-OH is 1. The molecule has 0 aromatic rings. The predicted molar refractivity (Wildman–Crippen MR) is 78.1 cm³/mol. The van der Waals surface area contributed by atoms with Crippen molar-refractivity contribution in [1.82, 2.24) is 9.80 Å². The lowest BCUT2D eigenvalue weighted by Gasteiger charge is -2.30. The van der Waals surface area contributed by atoms with E-state index in [9.17, 15) is 4.79 Å². The highest BCUT2D eigenvalue weighted by Gasteiger charge is 2.37. The minimum atomic E-state index is 0.149. The van der Waals surface area contributed by atoms with Crippen molar-refractivity contribution in [3.63, 3.8) is 0 Å². The van der Waals surface area contributed by atoms with Gasteiger partial charge in [0.25, 0.3) is 0 Å². The van der Waals surface area contributed by atoms with E-state index < -0.39 is 0 Å². The summed E-state index contributed by atoms with van der Waals surface area (Å²) in [5.41, 5.74) is 1.27. The van der Waals surface area contributed by atoms with E-state index in [-0.39, 0.29) is 12.5 Å². The molecule has 0 aromatic carbocycles. The highest BCUT2D eigenvalue weighted by Crippen LogP contribution is 2.34. The fourth-order valence-electron chi connectivity index (χ4n) is 3.18. The Morgan fingerprint density at radius 3 is 2.50 bits per heavy atom. The number of carbonyl (C=O) groups is 1. The van der Waals surface area contributed by atoms with Gasteiger partial charge in [0, 0.05) is 24.3 Å². The van der Waals surface area contributed by atoms with E-state index in [1.54, 1.807) is 0 Å². The zero-order valence-corrected chi connectivity index (χ0v) is 12.3. The standard InChI is InChI=1S/C16H26N2O2/c19-11-10-17(13-6-7-13)12-16(20)18(15-8-9-15)14-4-2-1-3-5-14/h4,13,15,19H,1-3,5-12H2. The summed E-state index contributed by atoms with van der Waals surface area (Å²) in [7, 11) is 0. The molecule has 0 bridgehead atoms. The van der Waals surface area contributed by atoms with Gasteiger partial charge in [-0.1, -0.05) is 6.08 Å².